The maximum atomic E-state index is 12.3. The van der Waals surface area contributed by atoms with Gasteiger partial charge in [-0.3, -0.25) is 10.2 Å². The Labute approximate surface area is 146 Å². The molecule has 2 aromatic rings. The van der Waals surface area contributed by atoms with E-state index in [0.717, 1.165) is 11.3 Å². The second kappa shape index (κ2) is 8.54. The van der Waals surface area contributed by atoms with Crippen molar-refractivity contribution >= 4 is 23.6 Å². The van der Waals surface area contributed by atoms with Crippen LogP contribution in [0.2, 0.25) is 0 Å². The number of anilines is 2. The summed E-state index contributed by atoms with van der Waals surface area (Å²) < 4.78 is 10.2. The summed E-state index contributed by atoms with van der Waals surface area (Å²) in [4.78, 5) is 25.2. The molecule has 130 valence electrons. The normalized spacial score (nSPS) is 9.84. The minimum Gasteiger partial charge on any atom is -0.445 e. The van der Waals surface area contributed by atoms with Crippen LogP contribution in [-0.4, -0.2) is 25.8 Å². The SMILES string of the molecule is C=CCOC(=O)Nc1cccc(OC(=O)N(C)c2ccc(C)cc2)c1. The van der Waals surface area contributed by atoms with Crippen LogP contribution in [0.25, 0.3) is 0 Å². The van der Waals surface area contributed by atoms with E-state index in [2.05, 4.69) is 11.9 Å². The highest BCUT2D eigenvalue weighted by Crippen LogP contribution is 2.20. The molecule has 0 aliphatic heterocycles. The summed E-state index contributed by atoms with van der Waals surface area (Å²) in [5.41, 5.74) is 2.28. The zero-order valence-electron chi connectivity index (χ0n) is 14.2. The van der Waals surface area contributed by atoms with E-state index in [9.17, 15) is 9.59 Å². The first-order chi connectivity index (χ1) is 12.0. The number of ether oxygens (including phenoxy) is 2. The molecule has 0 bridgehead atoms. The van der Waals surface area contributed by atoms with E-state index in [1.807, 2.05) is 31.2 Å². The van der Waals surface area contributed by atoms with Gasteiger partial charge in [-0.15, -0.1) is 0 Å². The fraction of sp³-hybridized carbons (Fsp3) is 0.158. The van der Waals surface area contributed by atoms with Gasteiger partial charge in [-0.1, -0.05) is 36.4 Å². The van der Waals surface area contributed by atoms with Crippen molar-refractivity contribution in [1.29, 1.82) is 0 Å². The predicted octanol–water partition coefficient (Wildman–Crippen LogP) is 4.36. The summed E-state index contributed by atoms with van der Waals surface area (Å²) in [5, 5.41) is 2.54. The molecule has 6 nitrogen and oxygen atoms in total. The molecule has 0 atom stereocenters. The van der Waals surface area contributed by atoms with Crippen molar-refractivity contribution in [1.82, 2.24) is 0 Å². The predicted molar refractivity (Wildman–Crippen MR) is 97.2 cm³/mol. The van der Waals surface area contributed by atoms with Gasteiger partial charge in [0.2, 0.25) is 0 Å². The number of benzene rings is 2. The van der Waals surface area contributed by atoms with E-state index in [4.69, 9.17) is 9.47 Å². The zero-order valence-corrected chi connectivity index (χ0v) is 14.2. The van der Waals surface area contributed by atoms with Gasteiger partial charge in [0.15, 0.2) is 0 Å². The standard InChI is InChI=1S/C19H20N2O4/c1-4-12-24-18(22)20-15-6-5-7-17(13-15)25-19(23)21(3)16-10-8-14(2)9-11-16/h4-11,13H,1,12H2,2-3H3,(H,20,22). The van der Waals surface area contributed by atoms with Gasteiger partial charge in [-0.25, -0.2) is 9.59 Å². The largest absolute Gasteiger partial charge is 0.445 e. The lowest BCUT2D eigenvalue weighted by atomic mass is 10.2. The summed E-state index contributed by atoms with van der Waals surface area (Å²) in [6, 6.07) is 14.0. The van der Waals surface area contributed by atoms with Crippen LogP contribution in [0.3, 0.4) is 0 Å². The van der Waals surface area contributed by atoms with Crippen molar-refractivity contribution < 1.29 is 19.1 Å². The van der Waals surface area contributed by atoms with Crippen LogP contribution in [0.15, 0.2) is 61.2 Å². The third kappa shape index (κ3) is 5.39. The van der Waals surface area contributed by atoms with Gasteiger partial charge < -0.3 is 9.47 Å². The number of nitrogens with zero attached hydrogens (tertiary/aromatic N) is 1. The minimum absolute atomic E-state index is 0.113. The second-order valence-corrected chi connectivity index (χ2v) is 5.30. The fourth-order valence-electron chi connectivity index (χ4n) is 1.97. The third-order valence-electron chi connectivity index (χ3n) is 3.31. The van der Waals surface area contributed by atoms with E-state index >= 15 is 0 Å². The molecule has 0 aliphatic carbocycles. The topological polar surface area (TPSA) is 67.9 Å². The average Bonchev–Trinajstić information content (AvgIpc) is 2.60. The number of nitrogens with one attached hydrogen (secondary N) is 1. The molecular formula is C19H20N2O4. The highest BCUT2D eigenvalue weighted by Gasteiger charge is 2.14. The number of carbonyl (C=O) groups is 2. The first-order valence-electron chi connectivity index (χ1n) is 7.66. The maximum Gasteiger partial charge on any atom is 0.419 e. The van der Waals surface area contributed by atoms with Gasteiger partial charge in [0.1, 0.15) is 12.4 Å². The average molecular weight is 340 g/mol. The summed E-state index contributed by atoms with van der Waals surface area (Å²) in [6.45, 7) is 5.55. The molecule has 2 amide bonds. The van der Waals surface area contributed by atoms with Crippen LogP contribution in [0.1, 0.15) is 5.56 Å². The smallest absolute Gasteiger partial charge is 0.419 e. The molecule has 0 spiro atoms. The number of carbonyl (C=O) groups excluding carboxylic acids is 2. The molecule has 0 aliphatic rings. The first-order valence-corrected chi connectivity index (χ1v) is 7.66. The number of hydrogen-bond donors (Lipinski definition) is 1. The molecule has 0 aromatic heterocycles. The molecule has 25 heavy (non-hydrogen) atoms. The minimum atomic E-state index is -0.611. The van der Waals surface area contributed by atoms with E-state index in [1.54, 1.807) is 25.2 Å². The van der Waals surface area contributed by atoms with Crippen molar-refractivity contribution in [3.05, 3.63) is 66.7 Å². The molecule has 0 heterocycles. The Kier molecular flexibility index (Phi) is 6.17. The van der Waals surface area contributed by atoms with Crippen LogP contribution in [0.5, 0.6) is 5.75 Å². The molecule has 1 N–H and O–H groups in total. The summed E-state index contributed by atoms with van der Waals surface area (Å²) in [7, 11) is 1.63. The number of amides is 2. The quantitative estimate of drug-likeness (QED) is 0.821. The van der Waals surface area contributed by atoms with Gasteiger partial charge in [0.25, 0.3) is 0 Å². The van der Waals surface area contributed by atoms with Gasteiger partial charge in [-0.05, 0) is 31.2 Å². The van der Waals surface area contributed by atoms with Gasteiger partial charge in [0, 0.05) is 24.5 Å². The highest BCUT2D eigenvalue weighted by molar-refractivity contribution is 5.89. The second-order valence-electron chi connectivity index (χ2n) is 5.30. The lowest BCUT2D eigenvalue weighted by Gasteiger charge is -2.17. The Morgan fingerprint density at radius 1 is 1.20 bits per heavy atom. The van der Waals surface area contributed by atoms with Gasteiger partial charge in [-0.2, -0.15) is 0 Å². The molecule has 0 unspecified atom stereocenters. The van der Waals surface area contributed by atoms with Crippen molar-refractivity contribution in [2.75, 3.05) is 23.9 Å². The number of rotatable bonds is 5. The Balaban J connectivity index is 2.00. The Morgan fingerprint density at radius 2 is 1.92 bits per heavy atom. The lowest BCUT2D eigenvalue weighted by molar-refractivity contribution is 0.174. The van der Waals surface area contributed by atoms with Crippen molar-refractivity contribution in [3.63, 3.8) is 0 Å². The van der Waals surface area contributed by atoms with E-state index in [0.29, 0.717) is 11.4 Å². The highest BCUT2D eigenvalue weighted by atomic mass is 16.6. The number of aryl methyl sites for hydroxylation is 1. The van der Waals surface area contributed by atoms with Crippen molar-refractivity contribution in [3.8, 4) is 5.75 Å². The Morgan fingerprint density at radius 3 is 2.60 bits per heavy atom. The Hall–Kier alpha value is -3.28. The van der Waals surface area contributed by atoms with E-state index < -0.39 is 12.2 Å². The molecule has 0 saturated carbocycles. The maximum absolute atomic E-state index is 12.3. The summed E-state index contributed by atoms with van der Waals surface area (Å²) >= 11 is 0. The summed E-state index contributed by atoms with van der Waals surface area (Å²) in [5.74, 6) is 0.311. The van der Waals surface area contributed by atoms with Crippen molar-refractivity contribution in [2.45, 2.75) is 6.92 Å². The first kappa shape index (κ1) is 18.1. The van der Waals surface area contributed by atoms with Crippen LogP contribution in [0, 0.1) is 6.92 Å². The molecule has 0 fully saturated rings. The zero-order chi connectivity index (χ0) is 18.2. The number of hydrogen-bond acceptors (Lipinski definition) is 4. The molecule has 0 radical (unpaired) electrons. The molecule has 2 aromatic carbocycles. The molecule has 0 saturated heterocycles. The Bertz CT molecular complexity index is 756. The fourth-order valence-corrected chi connectivity index (χ4v) is 1.97. The molecular weight excluding hydrogens is 320 g/mol. The molecule has 6 heteroatoms. The van der Waals surface area contributed by atoms with Crippen molar-refractivity contribution in [2.24, 2.45) is 0 Å². The van der Waals surface area contributed by atoms with E-state index in [1.165, 1.54) is 17.0 Å². The van der Waals surface area contributed by atoms with Crippen LogP contribution < -0.4 is 15.0 Å². The van der Waals surface area contributed by atoms with Crippen LogP contribution in [-0.2, 0) is 4.74 Å². The molecule has 2 rings (SSSR count). The lowest BCUT2D eigenvalue weighted by Crippen LogP contribution is -2.29. The van der Waals surface area contributed by atoms with Crippen LogP contribution >= 0.6 is 0 Å². The monoisotopic (exact) mass is 340 g/mol. The van der Waals surface area contributed by atoms with Gasteiger partial charge >= 0.3 is 12.2 Å². The third-order valence-corrected chi connectivity index (χ3v) is 3.31. The summed E-state index contributed by atoms with van der Waals surface area (Å²) in [6.07, 6.45) is 0.328. The van der Waals surface area contributed by atoms with E-state index in [-0.39, 0.29) is 6.61 Å². The van der Waals surface area contributed by atoms with Crippen LogP contribution in [0.4, 0.5) is 21.0 Å². The van der Waals surface area contributed by atoms with Gasteiger partial charge in [0.05, 0.1) is 0 Å².